The lowest BCUT2D eigenvalue weighted by Gasteiger charge is -2.27. The van der Waals surface area contributed by atoms with E-state index in [0.717, 1.165) is 6.04 Å². The molecule has 0 aliphatic carbocycles. The van der Waals surface area contributed by atoms with Gasteiger partial charge in [-0.05, 0) is 42.2 Å². The molecule has 90 valence electrons. The highest BCUT2D eigenvalue weighted by atomic mass is 32.2. The van der Waals surface area contributed by atoms with E-state index < -0.39 is 0 Å². The predicted molar refractivity (Wildman–Crippen MR) is 75.5 cm³/mol. The molecular formula is C13H21NS2. The van der Waals surface area contributed by atoms with Crippen molar-refractivity contribution in [3.05, 3.63) is 22.4 Å². The molecule has 1 unspecified atom stereocenters. The van der Waals surface area contributed by atoms with Gasteiger partial charge in [0.05, 0.1) is 0 Å². The number of hydrogen-bond donors (Lipinski definition) is 1. The third-order valence-electron chi connectivity index (χ3n) is 3.12. The third kappa shape index (κ3) is 3.51. The van der Waals surface area contributed by atoms with Crippen molar-refractivity contribution in [1.82, 2.24) is 5.32 Å². The molecule has 2 rings (SSSR count). The molecule has 16 heavy (non-hydrogen) atoms. The van der Waals surface area contributed by atoms with Gasteiger partial charge in [-0.15, -0.1) is 11.3 Å². The van der Waals surface area contributed by atoms with Gasteiger partial charge in [-0.3, -0.25) is 0 Å². The van der Waals surface area contributed by atoms with Crippen LogP contribution in [0.3, 0.4) is 0 Å². The Bertz CT molecular complexity index is 278. The SMILES string of the molecule is CCCC(NC1CCSCC1)c1cccs1. The van der Waals surface area contributed by atoms with E-state index in [9.17, 15) is 0 Å². The fourth-order valence-corrected chi connectivity index (χ4v) is 4.16. The molecule has 1 aliphatic heterocycles. The standard InChI is InChI=1S/C13H21NS2/c1-2-4-12(13-5-3-8-16-13)14-11-6-9-15-10-7-11/h3,5,8,11-12,14H,2,4,6-7,9-10H2,1H3. The van der Waals surface area contributed by atoms with Crippen LogP contribution in [0.5, 0.6) is 0 Å². The minimum atomic E-state index is 0.595. The molecule has 1 fully saturated rings. The van der Waals surface area contributed by atoms with Gasteiger partial charge in [0, 0.05) is 17.0 Å². The van der Waals surface area contributed by atoms with Crippen LogP contribution in [0.1, 0.15) is 43.5 Å². The summed E-state index contributed by atoms with van der Waals surface area (Å²) in [5.41, 5.74) is 0. The van der Waals surface area contributed by atoms with Crippen LogP contribution < -0.4 is 5.32 Å². The number of thioether (sulfide) groups is 1. The van der Waals surface area contributed by atoms with E-state index in [-0.39, 0.29) is 0 Å². The lowest BCUT2D eigenvalue weighted by molar-refractivity contribution is 0.399. The molecule has 3 heteroatoms. The second-order valence-electron chi connectivity index (χ2n) is 4.41. The molecule has 0 aromatic carbocycles. The van der Waals surface area contributed by atoms with E-state index in [1.54, 1.807) is 0 Å². The average molecular weight is 255 g/mol. The van der Waals surface area contributed by atoms with E-state index in [2.05, 4.69) is 41.5 Å². The van der Waals surface area contributed by atoms with Crippen LogP contribution >= 0.6 is 23.1 Å². The number of hydrogen-bond acceptors (Lipinski definition) is 3. The highest BCUT2D eigenvalue weighted by Crippen LogP contribution is 2.26. The molecule has 1 saturated heterocycles. The molecule has 0 amide bonds. The Hall–Kier alpha value is 0.01000. The van der Waals surface area contributed by atoms with Crippen LogP contribution in [-0.4, -0.2) is 17.5 Å². The van der Waals surface area contributed by atoms with Crippen molar-refractivity contribution in [3.8, 4) is 0 Å². The molecule has 0 spiro atoms. The summed E-state index contributed by atoms with van der Waals surface area (Å²) >= 11 is 3.99. The highest BCUT2D eigenvalue weighted by Gasteiger charge is 2.19. The molecule has 1 aliphatic rings. The highest BCUT2D eigenvalue weighted by molar-refractivity contribution is 7.99. The molecule has 0 radical (unpaired) electrons. The summed E-state index contributed by atoms with van der Waals surface area (Å²) in [4.78, 5) is 1.51. The summed E-state index contributed by atoms with van der Waals surface area (Å²) in [6.07, 6.45) is 5.22. The van der Waals surface area contributed by atoms with Crippen molar-refractivity contribution in [2.24, 2.45) is 0 Å². The van der Waals surface area contributed by atoms with E-state index in [1.165, 1.54) is 42.1 Å². The van der Waals surface area contributed by atoms with Crippen molar-refractivity contribution < 1.29 is 0 Å². The molecule has 1 aromatic heterocycles. The summed E-state index contributed by atoms with van der Waals surface area (Å²) in [6.45, 7) is 2.28. The Morgan fingerprint density at radius 3 is 2.88 bits per heavy atom. The minimum Gasteiger partial charge on any atom is -0.306 e. The van der Waals surface area contributed by atoms with Gasteiger partial charge < -0.3 is 5.32 Å². The lowest BCUT2D eigenvalue weighted by Crippen LogP contribution is -2.35. The van der Waals surface area contributed by atoms with Gasteiger partial charge in [-0.1, -0.05) is 19.4 Å². The van der Waals surface area contributed by atoms with Crippen LogP contribution in [0, 0.1) is 0 Å². The summed E-state index contributed by atoms with van der Waals surface area (Å²) in [5.74, 6) is 2.67. The van der Waals surface area contributed by atoms with Crippen LogP contribution in [0.4, 0.5) is 0 Å². The molecular weight excluding hydrogens is 234 g/mol. The molecule has 2 heterocycles. The first kappa shape index (κ1) is 12.5. The average Bonchev–Trinajstić information content (AvgIpc) is 2.83. The third-order valence-corrected chi connectivity index (χ3v) is 5.16. The van der Waals surface area contributed by atoms with Crippen molar-refractivity contribution in [3.63, 3.8) is 0 Å². The minimum absolute atomic E-state index is 0.595. The summed E-state index contributed by atoms with van der Waals surface area (Å²) in [5, 5.41) is 6.05. The smallest absolute Gasteiger partial charge is 0.0416 e. The fraction of sp³-hybridized carbons (Fsp3) is 0.692. The van der Waals surface area contributed by atoms with E-state index >= 15 is 0 Å². The number of nitrogens with one attached hydrogen (secondary N) is 1. The van der Waals surface area contributed by atoms with Crippen molar-refractivity contribution in [2.45, 2.75) is 44.7 Å². The Balaban J connectivity index is 1.91. The quantitative estimate of drug-likeness (QED) is 0.851. The zero-order valence-corrected chi connectivity index (χ0v) is 11.6. The Kier molecular flexibility index (Phi) is 5.20. The van der Waals surface area contributed by atoms with Crippen LogP contribution in [0.25, 0.3) is 0 Å². The summed E-state index contributed by atoms with van der Waals surface area (Å²) in [6, 6.07) is 5.79. The van der Waals surface area contributed by atoms with Crippen molar-refractivity contribution >= 4 is 23.1 Å². The molecule has 1 atom stereocenters. The number of rotatable bonds is 5. The first-order chi connectivity index (χ1) is 7.90. The molecule has 0 bridgehead atoms. The predicted octanol–water partition coefficient (Wildman–Crippen LogP) is 4.07. The molecule has 0 saturated carbocycles. The molecule has 1 N–H and O–H groups in total. The fourth-order valence-electron chi connectivity index (χ4n) is 2.23. The van der Waals surface area contributed by atoms with Gasteiger partial charge in [-0.25, -0.2) is 0 Å². The molecule has 1 nitrogen and oxygen atoms in total. The van der Waals surface area contributed by atoms with Gasteiger partial charge in [0.25, 0.3) is 0 Å². The second-order valence-corrected chi connectivity index (χ2v) is 6.61. The molecule has 1 aromatic rings. The summed E-state index contributed by atoms with van der Waals surface area (Å²) in [7, 11) is 0. The first-order valence-electron chi connectivity index (χ1n) is 6.27. The normalized spacial score (nSPS) is 19.8. The van der Waals surface area contributed by atoms with Crippen LogP contribution in [-0.2, 0) is 0 Å². The van der Waals surface area contributed by atoms with Crippen molar-refractivity contribution in [2.75, 3.05) is 11.5 Å². The lowest BCUT2D eigenvalue weighted by atomic mass is 10.1. The largest absolute Gasteiger partial charge is 0.306 e. The van der Waals surface area contributed by atoms with Crippen molar-refractivity contribution in [1.29, 1.82) is 0 Å². The zero-order valence-electron chi connectivity index (χ0n) is 9.95. The van der Waals surface area contributed by atoms with E-state index in [4.69, 9.17) is 0 Å². The van der Waals surface area contributed by atoms with Gasteiger partial charge >= 0.3 is 0 Å². The van der Waals surface area contributed by atoms with Gasteiger partial charge in [0.2, 0.25) is 0 Å². The van der Waals surface area contributed by atoms with E-state index in [1.807, 2.05) is 11.3 Å². The first-order valence-corrected chi connectivity index (χ1v) is 8.30. The Morgan fingerprint density at radius 2 is 2.25 bits per heavy atom. The topological polar surface area (TPSA) is 12.0 Å². The van der Waals surface area contributed by atoms with Crippen LogP contribution in [0.15, 0.2) is 17.5 Å². The Labute approximate surface area is 107 Å². The second kappa shape index (κ2) is 6.67. The van der Waals surface area contributed by atoms with E-state index in [0.29, 0.717) is 6.04 Å². The Morgan fingerprint density at radius 1 is 1.44 bits per heavy atom. The van der Waals surface area contributed by atoms with Gasteiger partial charge in [0.15, 0.2) is 0 Å². The zero-order chi connectivity index (χ0) is 11.2. The van der Waals surface area contributed by atoms with Crippen LogP contribution in [0.2, 0.25) is 0 Å². The maximum absolute atomic E-state index is 3.86. The van der Waals surface area contributed by atoms with Gasteiger partial charge in [-0.2, -0.15) is 11.8 Å². The maximum Gasteiger partial charge on any atom is 0.0416 e. The monoisotopic (exact) mass is 255 g/mol. The van der Waals surface area contributed by atoms with Gasteiger partial charge in [0.1, 0.15) is 0 Å². The summed E-state index contributed by atoms with van der Waals surface area (Å²) < 4.78 is 0. The number of thiophene rings is 1. The maximum atomic E-state index is 3.86.